The number of carboxylic acid groups (broad SMARTS) is 1. The van der Waals surface area contributed by atoms with E-state index in [2.05, 4.69) is 10.6 Å². The van der Waals surface area contributed by atoms with E-state index in [1.807, 2.05) is 43.3 Å². The second-order valence-corrected chi connectivity index (χ2v) is 7.24. The maximum atomic E-state index is 11.2. The lowest BCUT2D eigenvalue weighted by Gasteiger charge is -2.18. The average molecular weight is 415 g/mol. The third-order valence-corrected chi connectivity index (χ3v) is 4.78. The molecule has 29 heavy (non-hydrogen) atoms. The predicted octanol–water partition coefficient (Wildman–Crippen LogP) is 4.42. The Balaban J connectivity index is 1.49. The highest BCUT2D eigenvalue weighted by molar-refractivity contribution is 6.30. The van der Waals surface area contributed by atoms with Crippen LogP contribution in [-0.4, -0.2) is 35.3 Å². The summed E-state index contributed by atoms with van der Waals surface area (Å²) in [5.74, 6) is -0.676. The van der Waals surface area contributed by atoms with Crippen LogP contribution in [0.15, 0.2) is 65.3 Å². The summed E-state index contributed by atoms with van der Waals surface area (Å²) in [5, 5.41) is 26.7. The van der Waals surface area contributed by atoms with Gasteiger partial charge in [0.15, 0.2) is 0 Å². The zero-order valence-corrected chi connectivity index (χ0v) is 16.7. The molecule has 3 aromatic rings. The largest absolute Gasteiger partial charge is 0.478 e. The predicted molar refractivity (Wildman–Crippen MR) is 113 cm³/mol. The number of aliphatic hydroxyl groups excluding tert-OH is 1. The molecule has 4 N–H and O–H groups in total. The first-order valence-corrected chi connectivity index (χ1v) is 9.64. The first-order chi connectivity index (χ1) is 13.9. The molecule has 0 radical (unpaired) electrons. The van der Waals surface area contributed by atoms with Crippen molar-refractivity contribution in [2.24, 2.45) is 0 Å². The number of hydrogen-bond acceptors (Lipinski definition) is 5. The van der Waals surface area contributed by atoms with E-state index in [1.54, 1.807) is 12.1 Å². The van der Waals surface area contributed by atoms with Gasteiger partial charge in [-0.15, -0.1) is 0 Å². The van der Waals surface area contributed by atoms with Crippen LogP contribution in [0, 0.1) is 0 Å². The molecule has 0 fully saturated rings. The molecule has 1 aromatic heterocycles. The minimum atomic E-state index is -1.02. The molecule has 0 aliphatic rings. The van der Waals surface area contributed by atoms with E-state index in [4.69, 9.17) is 16.0 Å². The maximum Gasteiger partial charge on any atom is 0.339 e. The number of anilines is 1. The molecular weight excluding hydrogens is 392 g/mol. The molecule has 3 rings (SSSR count). The Hall–Kier alpha value is -2.80. The molecule has 0 unspecified atom stereocenters. The van der Waals surface area contributed by atoms with Gasteiger partial charge in [-0.2, -0.15) is 0 Å². The Kier molecular flexibility index (Phi) is 6.93. The zero-order valence-electron chi connectivity index (χ0n) is 15.9. The summed E-state index contributed by atoms with van der Waals surface area (Å²) in [6.07, 6.45) is 0.739. The van der Waals surface area contributed by atoms with Crippen LogP contribution in [0.3, 0.4) is 0 Å². The monoisotopic (exact) mass is 414 g/mol. The Bertz CT molecular complexity index is 955. The van der Waals surface area contributed by atoms with E-state index in [9.17, 15) is 15.0 Å². The van der Waals surface area contributed by atoms with Gasteiger partial charge in [0.1, 0.15) is 11.3 Å². The van der Waals surface area contributed by atoms with Crippen molar-refractivity contribution in [3.63, 3.8) is 0 Å². The number of aromatic carboxylic acids is 1. The SMILES string of the molecule is C[C@H](CNc1ccc(-c2occc2C(=O)O)cc1)NC[C@H](O)c1cccc(Cl)c1. The molecule has 0 bridgehead atoms. The van der Waals surface area contributed by atoms with Gasteiger partial charge in [0.25, 0.3) is 0 Å². The fourth-order valence-corrected chi connectivity index (χ4v) is 3.13. The number of carbonyl (C=O) groups is 1. The number of hydrogen-bond donors (Lipinski definition) is 4. The summed E-state index contributed by atoms with van der Waals surface area (Å²) in [7, 11) is 0. The molecule has 2 aromatic carbocycles. The second kappa shape index (κ2) is 9.60. The Morgan fingerprint density at radius 1 is 1.14 bits per heavy atom. The van der Waals surface area contributed by atoms with Crippen molar-refractivity contribution >= 4 is 23.3 Å². The van der Waals surface area contributed by atoms with Crippen molar-refractivity contribution in [3.8, 4) is 11.3 Å². The lowest BCUT2D eigenvalue weighted by molar-refractivity contribution is 0.0697. The summed E-state index contributed by atoms with van der Waals surface area (Å²) in [6, 6.07) is 16.1. The Labute approximate surface area is 174 Å². The second-order valence-electron chi connectivity index (χ2n) is 6.81. The zero-order chi connectivity index (χ0) is 20.8. The van der Waals surface area contributed by atoms with Crippen molar-refractivity contribution in [1.82, 2.24) is 5.32 Å². The van der Waals surface area contributed by atoms with E-state index in [-0.39, 0.29) is 11.6 Å². The van der Waals surface area contributed by atoms with Gasteiger partial charge in [0.2, 0.25) is 0 Å². The van der Waals surface area contributed by atoms with Gasteiger partial charge in [-0.3, -0.25) is 0 Å². The van der Waals surface area contributed by atoms with Crippen molar-refractivity contribution in [1.29, 1.82) is 0 Å². The van der Waals surface area contributed by atoms with Gasteiger partial charge in [-0.25, -0.2) is 4.79 Å². The summed E-state index contributed by atoms with van der Waals surface area (Å²) < 4.78 is 5.31. The van der Waals surface area contributed by atoms with Crippen molar-refractivity contribution in [2.75, 3.05) is 18.4 Å². The van der Waals surface area contributed by atoms with Gasteiger partial charge in [-0.05, 0) is 55.0 Å². The third-order valence-electron chi connectivity index (χ3n) is 4.55. The normalized spacial score (nSPS) is 13.1. The molecule has 2 atom stereocenters. The number of rotatable bonds is 9. The number of furan rings is 1. The minimum Gasteiger partial charge on any atom is -0.478 e. The maximum absolute atomic E-state index is 11.2. The summed E-state index contributed by atoms with van der Waals surface area (Å²) in [4.78, 5) is 11.2. The topological polar surface area (TPSA) is 94.7 Å². The highest BCUT2D eigenvalue weighted by Crippen LogP contribution is 2.26. The molecule has 0 aliphatic carbocycles. The van der Waals surface area contributed by atoms with Crippen LogP contribution in [0.25, 0.3) is 11.3 Å². The van der Waals surface area contributed by atoms with Crippen molar-refractivity contribution < 1.29 is 19.4 Å². The van der Waals surface area contributed by atoms with Gasteiger partial charge in [-0.1, -0.05) is 23.7 Å². The summed E-state index contributed by atoms with van der Waals surface area (Å²) in [5.41, 5.74) is 2.52. The number of benzene rings is 2. The molecule has 0 spiro atoms. The van der Waals surface area contributed by atoms with Gasteiger partial charge < -0.3 is 25.3 Å². The van der Waals surface area contributed by atoms with Crippen LogP contribution in [0.1, 0.15) is 28.9 Å². The van der Waals surface area contributed by atoms with Gasteiger partial charge in [0.05, 0.1) is 12.4 Å². The average Bonchev–Trinajstić information content (AvgIpc) is 3.21. The van der Waals surface area contributed by atoms with Gasteiger partial charge >= 0.3 is 5.97 Å². The van der Waals surface area contributed by atoms with Gasteiger partial charge in [0, 0.05) is 35.4 Å². The first kappa shape index (κ1) is 20.9. The van der Waals surface area contributed by atoms with Crippen LogP contribution >= 0.6 is 11.6 Å². The quantitative estimate of drug-likeness (QED) is 0.414. The lowest BCUT2D eigenvalue weighted by Crippen LogP contribution is -2.35. The van der Waals surface area contributed by atoms with E-state index < -0.39 is 12.1 Å². The molecular formula is C22H23ClN2O4. The smallest absolute Gasteiger partial charge is 0.339 e. The molecule has 0 saturated carbocycles. The number of halogens is 1. The van der Waals surface area contributed by atoms with Crippen LogP contribution in [0.4, 0.5) is 5.69 Å². The van der Waals surface area contributed by atoms with E-state index >= 15 is 0 Å². The van der Waals surface area contributed by atoms with Crippen molar-refractivity contribution in [2.45, 2.75) is 19.1 Å². The molecule has 0 aliphatic heterocycles. The molecule has 152 valence electrons. The first-order valence-electron chi connectivity index (χ1n) is 9.26. The lowest BCUT2D eigenvalue weighted by atomic mass is 10.1. The van der Waals surface area contributed by atoms with E-state index in [0.29, 0.717) is 29.4 Å². The number of nitrogens with one attached hydrogen (secondary N) is 2. The number of carboxylic acids is 1. The molecule has 6 nitrogen and oxygen atoms in total. The molecule has 0 amide bonds. The summed E-state index contributed by atoms with van der Waals surface area (Å²) in [6.45, 7) is 3.09. The highest BCUT2D eigenvalue weighted by atomic mass is 35.5. The fraction of sp³-hybridized carbons (Fsp3) is 0.227. The summed E-state index contributed by atoms with van der Waals surface area (Å²) >= 11 is 5.96. The fourth-order valence-electron chi connectivity index (χ4n) is 2.93. The standard InChI is InChI=1S/C22H23ClN2O4/c1-14(24-13-20(26)16-3-2-4-17(23)11-16)12-25-18-7-5-15(6-8-18)21-19(22(27)28)9-10-29-21/h2-11,14,20,24-26H,12-13H2,1H3,(H,27,28)/t14-,20+/m1/s1. The van der Waals surface area contributed by atoms with Crippen LogP contribution < -0.4 is 10.6 Å². The minimum absolute atomic E-state index is 0.118. The van der Waals surface area contributed by atoms with E-state index in [0.717, 1.165) is 11.3 Å². The van der Waals surface area contributed by atoms with Crippen LogP contribution in [0.5, 0.6) is 0 Å². The third kappa shape index (κ3) is 5.60. The van der Waals surface area contributed by atoms with Crippen LogP contribution in [-0.2, 0) is 0 Å². The van der Waals surface area contributed by atoms with Crippen molar-refractivity contribution in [3.05, 3.63) is 77.0 Å². The van der Waals surface area contributed by atoms with Crippen LogP contribution in [0.2, 0.25) is 5.02 Å². The highest BCUT2D eigenvalue weighted by Gasteiger charge is 2.15. The number of aliphatic hydroxyl groups is 1. The molecule has 1 heterocycles. The molecule has 7 heteroatoms. The Morgan fingerprint density at radius 3 is 2.59 bits per heavy atom. The Morgan fingerprint density at radius 2 is 1.90 bits per heavy atom. The van der Waals surface area contributed by atoms with E-state index in [1.165, 1.54) is 12.3 Å². The molecule has 0 saturated heterocycles.